The van der Waals surface area contributed by atoms with Crippen LogP contribution in [0.4, 0.5) is 0 Å². The average molecular weight is 382 g/mol. The summed E-state index contributed by atoms with van der Waals surface area (Å²) < 4.78 is 1.87. The minimum absolute atomic E-state index is 0.118. The smallest absolute Gasteiger partial charge is 0.272 e. The maximum Gasteiger partial charge on any atom is 0.272 e. The van der Waals surface area contributed by atoms with E-state index in [1.54, 1.807) is 24.3 Å². The second-order valence-electron chi connectivity index (χ2n) is 6.65. The number of carbonyl (C=O) groups is 1. The molecule has 138 valence electrons. The van der Waals surface area contributed by atoms with Crippen LogP contribution in [0.5, 0.6) is 0 Å². The Balaban J connectivity index is 1.52. The van der Waals surface area contributed by atoms with Crippen LogP contribution < -0.4 is 5.32 Å². The predicted molar refractivity (Wildman–Crippen MR) is 104 cm³/mol. The highest BCUT2D eigenvalue weighted by Gasteiger charge is 2.27. The lowest BCUT2D eigenvalue weighted by atomic mass is 10.1. The molecular formula is C21H20ClN3O2. The molecule has 0 bridgehead atoms. The van der Waals surface area contributed by atoms with Crippen molar-refractivity contribution in [3.8, 4) is 5.69 Å². The fourth-order valence-corrected chi connectivity index (χ4v) is 3.60. The maximum atomic E-state index is 12.7. The highest BCUT2D eigenvalue weighted by molar-refractivity contribution is 6.30. The Hall–Kier alpha value is -2.63. The number of hydrogen-bond acceptors (Lipinski definition) is 3. The molecule has 0 unspecified atom stereocenters. The van der Waals surface area contributed by atoms with Gasteiger partial charge in [0.15, 0.2) is 5.69 Å². The number of rotatable bonds is 5. The lowest BCUT2D eigenvalue weighted by Crippen LogP contribution is -2.29. The van der Waals surface area contributed by atoms with E-state index in [2.05, 4.69) is 10.4 Å². The highest BCUT2D eigenvalue weighted by Crippen LogP contribution is 2.27. The van der Waals surface area contributed by atoms with Gasteiger partial charge < -0.3 is 10.4 Å². The minimum atomic E-state index is -0.796. The Morgan fingerprint density at radius 2 is 1.89 bits per heavy atom. The number of benzene rings is 2. The third-order valence-electron chi connectivity index (χ3n) is 4.86. The fourth-order valence-electron chi connectivity index (χ4n) is 3.48. The summed E-state index contributed by atoms with van der Waals surface area (Å²) in [5.41, 5.74) is 4.23. The number of hydrogen-bond donors (Lipinski definition) is 2. The van der Waals surface area contributed by atoms with Crippen LogP contribution in [-0.2, 0) is 12.8 Å². The number of nitrogens with one attached hydrogen (secondary N) is 1. The Morgan fingerprint density at radius 3 is 2.63 bits per heavy atom. The topological polar surface area (TPSA) is 67.2 Å². The molecule has 0 radical (unpaired) electrons. The van der Waals surface area contributed by atoms with Crippen LogP contribution in [-0.4, -0.2) is 27.3 Å². The van der Waals surface area contributed by atoms with Crippen molar-refractivity contribution in [3.63, 3.8) is 0 Å². The van der Waals surface area contributed by atoms with E-state index < -0.39 is 6.10 Å². The van der Waals surface area contributed by atoms with Crippen LogP contribution in [0.15, 0.2) is 54.6 Å². The third-order valence-corrected chi connectivity index (χ3v) is 5.11. The van der Waals surface area contributed by atoms with Gasteiger partial charge in [-0.3, -0.25) is 4.79 Å². The van der Waals surface area contributed by atoms with Crippen LogP contribution in [0, 0.1) is 0 Å². The lowest BCUT2D eigenvalue weighted by Gasteiger charge is -2.12. The monoisotopic (exact) mass is 381 g/mol. The molecule has 0 spiro atoms. The number of aliphatic hydroxyl groups is 1. The molecule has 5 nitrogen and oxygen atoms in total. The summed E-state index contributed by atoms with van der Waals surface area (Å²) in [4.78, 5) is 12.7. The molecule has 2 N–H and O–H groups in total. The Kier molecular flexibility index (Phi) is 4.97. The number of carbonyl (C=O) groups excluding carboxylic acids is 1. The number of aromatic nitrogens is 2. The summed E-state index contributed by atoms with van der Waals surface area (Å²) in [5, 5.41) is 18.3. The van der Waals surface area contributed by atoms with Gasteiger partial charge in [0, 0.05) is 22.8 Å². The van der Waals surface area contributed by atoms with Crippen molar-refractivity contribution in [2.45, 2.75) is 25.4 Å². The Morgan fingerprint density at radius 1 is 1.15 bits per heavy atom. The quantitative estimate of drug-likeness (QED) is 0.711. The molecule has 0 saturated carbocycles. The number of aliphatic hydroxyl groups excluding tert-OH is 1. The van der Waals surface area contributed by atoms with Crippen molar-refractivity contribution >= 4 is 17.5 Å². The van der Waals surface area contributed by atoms with E-state index >= 15 is 0 Å². The van der Waals surface area contributed by atoms with Gasteiger partial charge in [-0.25, -0.2) is 4.68 Å². The first-order valence-electron chi connectivity index (χ1n) is 9.01. The van der Waals surface area contributed by atoms with Crippen molar-refractivity contribution in [3.05, 3.63) is 82.1 Å². The minimum Gasteiger partial charge on any atom is -0.387 e. The molecule has 0 fully saturated rings. The van der Waals surface area contributed by atoms with Gasteiger partial charge >= 0.3 is 0 Å². The van der Waals surface area contributed by atoms with Crippen molar-refractivity contribution in [1.29, 1.82) is 0 Å². The second-order valence-corrected chi connectivity index (χ2v) is 7.09. The maximum absolute atomic E-state index is 12.7. The molecule has 1 aromatic heterocycles. The zero-order chi connectivity index (χ0) is 18.8. The van der Waals surface area contributed by atoms with Gasteiger partial charge in [0.2, 0.25) is 0 Å². The first-order chi connectivity index (χ1) is 13.1. The lowest BCUT2D eigenvalue weighted by molar-refractivity contribution is 0.0910. The molecule has 6 heteroatoms. The highest BCUT2D eigenvalue weighted by atomic mass is 35.5. The van der Waals surface area contributed by atoms with Crippen molar-refractivity contribution < 1.29 is 9.90 Å². The van der Waals surface area contributed by atoms with Gasteiger partial charge in [-0.1, -0.05) is 41.9 Å². The SMILES string of the molecule is O=C(NC[C@H](O)c1ccc(Cl)cc1)c1nn(-c2ccccc2)c2c1CCC2. The molecule has 1 atom stereocenters. The van der Waals surface area contributed by atoms with Gasteiger partial charge in [-0.2, -0.15) is 5.10 Å². The van der Waals surface area contributed by atoms with E-state index in [0.717, 1.165) is 36.2 Å². The first kappa shape index (κ1) is 17.8. The average Bonchev–Trinajstić information content (AvgIpc) is 3.30. The van der Waals surface area contributed by atoms with Crippen LogP contribution in [0.1, 0.15) is 39.8 Å². The van der Waals surface area contributed by atoms with Gasteiger partial charge in [0.1, 0.15) is 0 Å². The number of para-hydroxylation sites is 1. The molecule has 27 heavy (non-hydrogen) atoms. The van der Waals surface area contributed by atoms with Gasteiger partial charge in [-0.05, 0) is 49.1 Å². The molecule has 1 aliphatic carbocycles. The first-order valence-corrected chi connectivity index (χ1v) is 9.39. The van der Waals surface area contributed by atoms with E-state index in [1.807, 2.05) is 35.0 Å². The van der Waals surface area contributed by atoms with E-state index in [1.165, 1.54) is 0 Å². The molecule has 2 aromatic carbocycles. The van der Waals surface area contributed by atoms with Crippen LogP contribution in [0.2, 0.25) is 5.02 Å². The molecule has 0 aliphatic heterocycles. The molecule has 1 aliphatic rings. The van der Waals surface area contributed by atoms with Crippen LogP contribution in [0.3, 0.4) is 0 Å². The van der Waals surface area contributed by atoms with Gasteiger partial charge in [0.25, 0.3) is 5.91 Å². The largest absolute Gasteiger partial charge is 0.387 e. The van der Waals surface area contributed by atoms with Crippen molar-refractivity contribution in [2.24, 2.45) is 0 Å². The van der Waals surface area contributed by atoms with E-state index in [0.29, 0.717) is 16.3 Å². The molecule has 0 saturated heterocycles. The zero-order valence-corrected chi connectivity index (χ0v) is 15.5. The standard InChI is InChI=1S/C21H20ClN3O2/c22-15-11-9-14(10-12-15)19(26)13-23-21(27)20-17-7-4-8-18(17)25(24-20)16-5-2-1-3-6-16/h1-3,5-6,9-12,19,26H,4,7-8,13H2,(H,23,27)/t19-/m0/s1. The van der Waals surface area contributed by atoms with Crippen molar-refractivity contribution in [1.82, 2.24) is 15.1 Å². The van der Waals surface area contributed by atoms with Gasteiger partial charge in [0.05, 0.1) is 11.8 Å². The van der Waals surface area contributed by atoms with Gasteiger partial charge in [-0.15, -0.1) is 0 Å². The van der Waals surface area contributed by atoms with E-state index in [-0.39, 0.29) is 12.5 Å². The molecule has 1 heterocycles. The molecule has 1 amide bonds. The second kappa shape index (κ2) is 7.55. The van der Waals surface area contributed by atoms with E-state index in [9.17, 15) is 9.90 Å². The van der Waals surface area contributed by atoms with Crippen molar-refractivity contribution in [2.75, 3.05) is 6.54 Å². The summed E-state index contributed by atoms with van der Waals surface area (Å²) in [7, 11) is 0. The molecular weight excluding hydrogens is 362 g/mol. The summed E-state index contributed by atoms with van der Waals surface area (Å²) in [6.07, 6.45) is 1.99. The van der Waals surface area contributed by atoms with Crippen LogP contribution in [0.25, 0.3) is 5.69 Å². The number of halogens is 1. The number of amides is 1. The zero-order valence-electron chi connectivity index (χ0n) is 14.7. The molecule has 3 aromatic rings. The van der Waals surface area contributed by atoms with E-state index in [4.69, 9.17) is 11.6 Å². The predicted octanol–water partition coefficient (Wildman–Crippen LogP) is 3.48. The van der Waals surface area contributed by atoms with Crippen LogP contribution >= 0.6 is 11.6 Å². The third kappa shape index (κ3) is 3.61. The Bertz CT molecular complexity index is 952. The summed E-state index contributed by atoms with van der Waals surface area (Å²) in [5.74, 6) is -0.254. The Labute approximate surface area is 162 Å². The fraction of sp³-hybridized carbons (Fsp3) is 0.238. The summed E-state index contributed by atoms with van der Waals surface area (Å²) >= 11 is 5.87. The normalized spacial score (nSPS) is 14.0. The number of fused-ring (bicyclic) bond motifs is 1. The summed E-state index contributed by atoms with van der Waals surface area (Å²) in [6.45, 7) is 0.118. The molecule has 4 rings (SSSR count). The summed E-state index contributed by atoms with van der Waals surface area (Å²) in [6, 6.07) is 16.8. The number of nitrogens with zero attached hydrogens (tertiary/aromatic N) is 2.